The molecule has 0 bridgehead atoms. The second kappa shape index (κ2) is 10.2. The SMILES string of the molecule is O=C(NCc1cccnc1)C1CCCN(C2CCN(C(=O)NC3CCCC3)CC2)C1. The van der Waals surface area contributed by atoms with Crippen molar-refractivity contribution < 1.29 is 9.59 Å². The number of likely N-dealkylation sites (tertiary alicyclic amines) is 2. The van der Waals surface area contributed by atoms with Crippen LogP contribution >= 0.6 is 0 Å². The van der Waals surface area contributed by atoms with E-state index in [0.29, 0.717) is 18.6 Å². The van der Waals surface area contributed by atoms with Crippen LogP contribution in [0, 0.1) is 5.92 Å². The molecule has 3 heterocycles. The van der Waals surface area contributed by atoms with Gasteiger partial charge in [-0.3, -0.25) is 14.7 Å². The number of hydrogen-bond acceptors (Lipinski definition) is 4. The number of amides is 3. The average Bonchev–Trinajstić information content (AvgIpc) is 3.31. The third-order valence-electron chi connectivity index (χ3n) is 6.96. The highest BCUT2D eigenvalue weighted by atomic mass is 16.2. The fourth-order valence-electron chi connectivity index (χ4n) is 5.16. The van der Waals surface area contributed by atoms with Crippen molar-refractivity contribution in [1.29, 1.82) is 0 Å². The predicted molar refractivity (Wildman–Crippen MR) is 116 cm³/mol. The van der Waals surface area contributed by atoms with Gasteiger partial charge in [-0.2, -0.15) is 0 Å². The second-order valence-corrected chi connectivity index (χ2v) is 9.06. The Labute approximate surface area is 179 Å². The Morgan fingerprint density at radius 3 is 2.57 bits per heavy atom. The molecule has 1 aliphatic carbocycles. The van der Waals surface area contributed by atoms with Crippen molar-refractivity contribution in [2.75, 3.05) is 26.2 Å². The lowest BCUT2D eigenvalue weighted by Gasteiger charge is -2.42. The topological polar surface area (TPSA) is 77.6 Å². The zero-order valence-corrected chi connectivity index (χ0v) is 17.9. The van der Waals surface area contributed by atoms with Gasteiger partial charge in [0.25, 0.3) is 0 Å². The number of carbonyl (C=O) groups is 2. The molecular formula is C23H35N5O2. The van der Waals surface area contributed by atoms with E-state index in [4.69, 9.17) is 0 Å². The Morgan fingerprint density at radius 1 is 1.03 bits per heavy atom. The van der Waals surface area contributed by atoms with E-state index in [9.17, 15) is 9.59 Å². The summed E-state index contributed by atoms with van der Waals surface area (Å²) in [5, 5.41) is 6.29. The molecule has 0 spiro atoms. The number of nitrogens with one attached hydrogen (secondary N) is 2. The third kappa shape index (κ3) is 5.50. The van der Waals surface area contributed by atoms with Crippen molar-refractivity contribution in [2.24, 2.45) is 5.92 Å². The highest BCUT2D eigenvalue weighted by molar-refractivity contribution is 5.79. The zero-order valence-electron chi connectivity index (χ0n) is 17.9. The van der Waals surface area contributed by atoms with Crippen LogP contribution in [-0.4, -0.2) is 65.0 Å². The summed E-state index contributed by atoms with van der Waals surface area (Å²) in [5.74, 6) is 0.205. The molecule has 3 fully saturated rings. The summed E-state index contributed by atoms with van der Waals surface area (Å²) < 4.78 is 0. The van der Waals surface area contributed by atoms with Gasteiger partial charge in [0.05, 0.1) is 5.92 Å². The van der Waals surface area contributed by atoms with Crippen molar-refractivity contribution in [2.45, 2.75) is 70.0 Å². The Bertz CT molecular complexity index is 699. The number of urea groups is 1. The van der Waals surface area contributed by atoms with Crippen LogP contribution in [0.1, 0.15) is 56.9 Å². The first-order valence-electron chi connectivity index (χ1n) is 11.6. The molecule has 7 heteroatoms. The van der Waals surface area contributed by atoms with E-state index in [1.165, 1.54) is 12.8 Å². The van der Waals surface area contributed by atoms with Gasteiger partial charge in [0.2, 0.25) is 5.91 Å². The number of pyridine rings is 1. The fraction of sp³-hybridized carbons (Fsp3) is 0.696. The Morgan fingerprint density at radius 2 is 1.83 bits per heavy atom. The summed E-state index contributed by atoms with van der Waals surface area (Å²) in [5.41, 5.74) is 1.03. The minimum atomic E-state index is 0.0547. The number of nitrogens with zero attached hydrogens (tertiary/aromatic N) is 3. The summed E-state index contributed by atoms with van der Waals surface area (Å²) in [6.07, 6.45) is 12.3. The van der Waals surface area contributed by atoms with Gasteiger partial charge in [-0.25, -0.2) is 4.79 Å². The maximum atomic E-state index is 12.7. The first kappa shape index (κ1) is 21.1. The second-order valence-electron chi connectivity index (χ2n) is 9.06. The van der Waals surface area contributed by atoms with E-state index >= 15 is 0 Å². The number of rotatable bonds is 5. The van der Waals surface area contributed by atoms with E-state index in [-0.39, 0.29) is 17.9 Å². The summed E-state index contributed by atoms with van der Waals surface area (Å²) in [7, 11) is 0. The first-order chi connectivity index (χ1) is 14.7. The lowest BCUT2D eigenvalue weighted by molar-refractivity contribution is -0.127. The molecule has 1 aromatic heterocycles. The summed E-state index contributed by atoms with van der Waals surface area (Å²) in [6, 6.07) is 4.85. The summed E-state index contributed by atoms with van der Waals surface area (Å²) in [6.45, 7) is 4.07. The molecule has 1 saturated carbocycles. The minimum absolute atomic E-state index is 0.0547. The van der Waals surface area contributed by atoms with Crippen LogP contribution in [-0.2, 0) is 11.3 Å². The maximum absolute atomic E-state index is 12.7. The molecule has 7 nitrogen and oxygen atoms in total. The highest BCUT2D eigenvalue weighted by Gasteiger charge is 2.33. The zero-order chi connectivity index (χ0) is 20.8. The van der Waals surface area contributed by atoms with Crippen LogP contribution in [0.4, 0.5) is 4.79 Å². The van der Waals surface area contributed by atoms with Crippen molar-refractivity contribution >= 4 is 11.9 Å². The number of carbonyl (C=O) groups excluding carboxylic acids is 2. The number of piperidine rings is 2. The van der Waals surface area contributed by atoms with Gasteiger partial charge in [-0.1, -0.05) is 18.9 Å². The van der Waals surface area contributed by atoms with Crippen LogP contribution in [0.3, 0.4) is 0 Å². The molecule has 1 atom stereocenters. The molecule has 2 saturated heterocycles. The maximum Gasteiger partial charge on any atom is 0.317 e. The lowest BCUT2D eigenvalue weighted by atomic mass is 9.93. The molecule has 3 amide bonds. The molecule has 0 radical (unpaired) electrons. The molecule has 2 aliphatic heterocycles. The van der Waals surface area contributed by atoms with Crippen molar-refractivity contribution in [3.8, 4) is 0 Å². The Kier molecular flexibility index (Phi) is 7.20. The third-order valence-corrected chi connectivity index (χ3v) is 6.96. The lowest BCUT2D eigenvalue weighted by Crippen LogP contribution is -2.53. The largest absolute Gasteiger partial charge is 0.352 e. The standard InChI is InChI=1S/C23H35N5O2/c29-22(25-16-18-5-3-11-24-15-18)19-6-4-12-28(17-19)21-9-13-27(14-10-21)23(30)26-20-7-1-2-8-20/h3,5,11,15,19-21H,1-2,4,6-10,12-14,16-17H2,(H,25,29)(H,26,30). The monoisotopic (exact) mass is 413 g/mol. The normalized spacial score (nSPS) is 24.0. The molecule has 2 N–H and O–H groups in total. The smallest absolute Gasteiger partial charge is 0.317 e. The van der Waals surface area contributed by atoms with Gasteiger partial charge in [-0.05, 0) is 56.7 Å². The predicted octanol–water partition coefficient (Wildman–Crippen LogP) is 2.53. The van der Waals surface area contributed by atoms with Crippen molar-refractivity contribution in [3.05, 3.63) is 30.1 Å². The molecule has 30 heavy (non-hydrogen) atoms. The van der Waals surface area contributed by atoms with E-state index in [2.05, 4.69) is 20.5 Å². The molecule has 0 aromatic carbocycles. The van der Waals surface area contributed by atoms with Crippen molar-refractivity contribution in [3.63, 3.8) is 0 Å². The summed E-state index contributed by atoms with van der Waals surface area (Å²) in [4.78, 5) is 33.8. The molecular weight excluding hydrogens is 378 g/mol. The van der Waals surface area contributed by atoms with E-state index in [0.717, 1.165) is 70.3 Å². The van der Waals surface area contributed by atoms with Crippen LogP contribution < -0.4 is 10.6 Å². The van der Waals surface area contributed by atoms with Gasteiger partial charge in [0.1, 0.15) is 0 Å². The van der Waals surface area contributed by atoms with Crippen LogP contribution in [0.5, 0.6) is 0 Å². The van der Waals surface area contributed by atoms with Crippen LogP contribution in [0.2, 0.25) is 0 Å². The van der Waals surface area contributed by atoms with Gasteiger partial charge >= 0.3 is 6.03 Å². The van der Waals surface area contributed by atoms with Gasteiger partial charge < -0.3 is 15.5 Å². The molecule has 1 unspecified atom stereocenters. The van der Waals surface area contributed by atoms with E-state index in [1.807, 2.05) is 17.0 Å². The fourth-order valence-corrected chi connectivity index (χ4v) is 5.16. The van der Waals surface area contributed by atoms with E-state index < -0.39 is 0 Å². The molecule has 3 aliphatic rings. The number of hydrogen-bond donors (Lipinski definition) is 2. The van der Waals surface area contributed by atoms with Gasteiger partial charge in [-0.15, -0.1) is 0 Å². The van der Waals surface area contributed by atoms with Gasteiger partial charge in [0.15, 0.2) is 0 Å². The Hall–Kier alpha value is -2.15. The van der Waals surface area contributed by atoms with Crippen LogP contribution in [0.25, 0.3) is 0 Å². The van der Waals surface area contributed by atoms with Gasteiger partial charge in [0, 0.05) is 50.7 Å². The molecule has 4 rings (SSSR count). The summed E-state index contributed by atoms with van der Waals surface area (Å²) >= 11 is 0. The highest BCUT2D eigenvalue weighted by Crippen LogP contribution is 2.25. The molecule has 164 valence electrons. The first-order valence-corrected chi connectivity index (χ1v) is 11.6. The minimum Gasteiger partial charge on any atom is -0.352 e. The van der Waals surface area contributed by atoms with Crippen LogP contribution in [0.15, 0.2) is 24.5 Å². The molecule has 1 aromatic rings. The number of aromatic nitrogens is 1. The van der Waals surface area contributed by atoms with E-state index in [1.54, 1.807) is 12.4 Å². The Balaban J connectivity index is 1.21. The quantitative estimate of drug-likeness (QED) is 0.778. The average molecular weight is 414 g/mol. The van der Waals surface area contributed by atoms with Crippen molar-refractivity contribution in [1.82, 2.24) is 25.4 Å².